The number of anilines is 2. The first-order chi connectivity index (χ1) is 16.7. The van der Waals surface area contributed by atoms with Gasteiger partial charge in [0.1, 0.15) is 5.52 Å². The second kappa shape index (κ2) is 8.77. The minimum absolute atomic E-state index is 0.173. The summed E-state index contributed by atoms with van der Waals surface area (Å²) in [5, 5.41) is 8.29. The number of piperazine rings is 1. The second-order valence-corrected chi connectivity index (χ2v) is 9.17. The minimum atomic E-state index is -0.499. The molecule has 10 heteroatoms. The number of halogens is 1. The van der Waals surface area contributed by atoms with Gasteiger partial charge < -0.3 is 15.0 Å². The van der Waals surface area contributed by atoms with Crippen LogP contribution in [0.3, 0.4) is 0 Å². The van der Waals surface area contributed by atoms with E-state index in [2.05, 4.69) is 51.1 Å². The normalized spacial score (nSPS) is 18.9. The van der Waals surface area contributed by atoms with E-state index in [-0.39, 0.29) is 11.5 Å². The van der Waals surface area contributed by atoms with Crippen molar-refractivity contribution in [3.05, 3.63) is 48.0 Å². The van der Waals surface area contributed by atoms with Gasteiger partial charge in [0.2, 0.25) is 0 Å². The summed E-state index contributed by atoms with van der Waals surface area (Å²) in [6, 6.07) is 7.57. The number of likely N-dealkylation sites (N-methyl/N-ethyl adjacent to an activating group) is 1. The van der Waals surface area contributed by atoms with Gasteiger partial charge in [0.25, 0.3) is 5.91 Å². The van der Waals surface area contributed by atoms with Crippen LogP contribution in [0.5, 0.6) is 6.01 Å². The van der Waals surface area contributed by atoms with E-state index < -0.39 is 11.7 Å². The van der Waals surface area contributed by atoms with Gasteiger partial charge in [0.05, 0.1) is 18.2 Å². The number of amides is 1. The molecule has 1 fully saturated rings. The third-order valence-corrected chi connectivity index (χ3v) is 6.77. The molecule has 0 spiro atoms. The number of rotatable bonds is 4. The summed E-state index contributed by atoms with van der Waals surface area (Å²) in [4.78, 5) is 26.8. The number of carbonyl (C=O) groups is 1. The summed E-state index contributed by atoms with van der Waals surface area (Å²) in [5.41, 5.74) is 2.40. The van der Waals surface area contributed by atoms with Gasteiger partial charge in [-0.2, -0.15) is 10.1 Å². The SMILES string of the molecule is COc1ncc2c(N3CC(C)N(C)C(C)C3)ccc(C(=O)Nc3cc(F)c4nn(C)cc4c3)c2n1. The Kier molecular flexibility index (Phi) is 5.76. The summed E-state index contributed by atoms with van der Waals surface area (Å²) in [6.45, 7) is 6.09. The van der Waals surface area contributed by atoms with Crippen LogP contribution in [-0.2, 0) is 7.05 Å². The fourth-order valence-corrected chi connectivity index (χ4v) is 4.73. The minimum Gasteiger partial charge on any atom is -0.467 e. The molecule has 182 valence electrons. The Morgan fingerprint density at radius 2 is 1.89 bits per heavy atom. The van der Waals surface area contributed by atoms with E-state index in [0.717, 1.165) is 24.2 Å². The van der Waals surface area contributed by atoms with Crippen molar-refractivity contribution in [1.82, 2.24) is 24.6 Å². The van der Waals surface area contributed by atoms with Gasteiger partial charge in [-0.25, -0.2) is 9.37 Å². The van der Waals surface area contributed by atoms with Gasteiger partial charge in [0, 0.05) is 66.8 Å². The first-order valence-corrected chi connectivity index (χ1v) is 11.5. The highest BCUT2D eigenvalue weighted by atomic mass is 19.1. The molecule has 4 aromatic rings. The number of ether oxygens (including phenoxy) is 1. The lowest BCUT2D eigenvalue weighted by atomic mass is 10.0. The number of nitrogens with zero attached hydrogens (tertiary/aromatic N) is 6. The zero-order chi connectivity index (χ0) is 24.9. The maximum atomic E-state index is 14.5. The molecule has 0 saturated carbocycles. The smallest absolute Gasteiger partial charge is 0.316 e. The topological polar surface area (TPSA) is 88.4 Å². The molecule has 0 aliphatic carbocycles. The van der Waals surface area contributed by atoms with E-state index in [1.165, 1.54) is 17.9 Å². The molecule has 9 nitrogen and oxygen atoms in total. The molecule has 1 aliphatic heterocycles. The Morgan fingerprint density at radius 3 is 2.60 bits per heavy atom. The van der Waals surface area contributed by atoms with Crippen molar-refractivity contribution in [1.29, 1.82) is 0 Å². The van der Waals surface area contributed by atoms with Crippen LogP contribution in [0.1, 0.15) is 24.2 Å². The molecule has 2 unspecified atom stereocenters. The summed E-state index contributed by atoms with van der Waals surface area (Å²) in [5.74, 6) is -0.897. The summed E-state index contributed by atoms with van der Waals surface area (Å²) in [7, 11) is 5.35. The average molecular weight is 478 g/mol. The molecule has 2 atom stereocenters. The summed E-state index contributed by atoms with van der Waals surface area (Å²) in [6.07, 6.45) is 3.40. The molecule has 5 rings (SSSR count). The van der Waals surface area contributed by atoms with E-state index >= 15 is 0 Å². The number of hydrogen-bond donors (Lipinski definition) is 1. The number of aryl methyl sites for hydroxylation is 1. The quantitative estimate of drug-likeness (QED) is 0.482. The van der Waals surface area contributed by atoms with Gasteiger partial charge in [0.15, 0.2) is 5.82 Å². The second-order valence-electron chi connectivity index (χ2n) is 9.17. The van der Waals surface area contributed by atoms with Crippen molar-refractivity contribution in [3.8, 4) is 6.01 Å². The van der Waals surface area contributed by atoms with Crippen LogP contribution in [0.2, 0.25) is 0 Å². The van der Waals surface area contributed by atoms with Crippen molar-refractivity contribution in [2.45, 2.75) is 25.9 Å². The highest BCUT2D eigenvalue weighted by molar-refractivity contribution is 6.14. The molecule has 0 radical (unpaired) electrons. The zero-order valence-corrected chi connectivity index (χ0v) is 20.4. The van der Waals surface area contributed by atoms with E-state index in [9.17, 15) is 9.18 Å². The average Bonchev–Trinajstić information content (AvgIpc) is 3.21. The predicted molar refractivity (Wildman–Crippen MR) is 134 cm³/mol. The molecule has 35 heavy (non-hydrogen) atoms. The molecule has 2 aromatic carbocycles. The van der Waals surface area contributed by atoms with Crippen molar-refractivity contribution >= 4 is 39.1 Å². The monoisotopic (exact) mass is 477 g/mol. The van der Waals surface area contributed by atoms with Crippen molar-refractivity contribution < 1.29 is 13.9 Å². The highest BCUT2D eigenvalue weighted by Crippen LogP contribution is 2.32. The number of methoxy groups -OCH3 is 1. The third kappa shape index (κ3) is 4.14. The first-order valence-electron chi connectivity index (χ1n) is 11.5. The van der Waals surface area contributed by atoms with Crippen LogP contribution in [-0.4, -0.2) is 69.9 Å². The molecule has 1 amide bonds. The molecule has 0 bridgehead atoms. The maximum absolute atomic E-state index is 14.5. The lowest BCUT2D eigenvalue weighted by molar-refractivity contribution is 0.102. The Hall–Kier alpha value is -3.79. The van der Waals surface area contributed by atoms with Gasteiger partial charge >= 0.3 is 6.01 Å². The third-order valence-electron chi connectivity index (χ3n) is 6.77. The van der Waals surface area contributed by atoms with E-state index in [0.29, 0.717) is 34.2 Å². The van der Waals surface area contributed by atoms with Crippen molar-refractivity contribution in [2.24, 2.45) is 7.05 Å². The Balaban J connectivity index is 1.54. The lowest BCUT2D eigenvalue weighted by Crippen LogP contribution is -2.55. The lowest BCUT2D eigenvalue weighted by Gasteiger charge is -2.43. The number of carbonyl (C=O) groups excluding carboxylic acids is 1. The van der Waals surface area contributed by atoms with Crippen LogP contribution >= 0.6 is 0 Å². The van der Waals surface area contributed by atoms with E-state index in [1.54, 1.807) is 31.6 Å². The Labute approximate surface area is 202 Å². The fraction of sp³-hybridized carbons (Fsp3) is 0.360. The van der Waals surface area contributed by atoms with Crippen LogP contribution in [0.25, 0.3) is 21.8 Å². The molecule has 3 heterocycles. The predicted octanol–water partition coefficient (Wildman–Crippen LogP) is 3.45. The highest BCUT2D eigenvalue weighted by Gasteiger charge is 2.28. The summed E-state index contributed by atoms with van der Waals surface area (Å²) < 4.78 is 21.3. The number of fused-ring (bicyclic) bond motifs is 2. The number of aromatic nitrogens is 4. The Bertz CT molecular complexity index is 1420. The fourth-order valence-electron chi connectivity index (χ4n) is 4.73. The van der Waals surface area contributed by atoms with Crippen LogP contribution in [0.4, 0.5) is 15.8 Å². The molecular weight excluding hydrogens is 449 g/mol. The molecule has 1 saturated heterocycles. The molecular formula is C25H28FN7O2. The molecule has 1 N–H and O–H groups in total. The van der Waals surface area contributed by atoms with Gasteiger partial charge in [-0.15, -0.1) is 0 Å². The Morgan fingerprint density at radius 1 is 1.14 bits per heavy atom. The van der Waals surface area contributed by atoms with Crippen LogP contribution in [0.15, 0.2) is 36.7 Å². The van der Waals surface area contributed by atoms with Gasteiger partial charge in [-0.1, -0.05) is 0 Å². The van der Waals surface area contributed by atoms with Crippen LogP contribution in [0, 0.1) is 5.82 Å². The van der Waals surface area contributed by atoms with E-state index in [1.807, 2.05) is 6.07 Å². The number of nitrogens with one attached hydrogen (secondary N) is 1. The maximum Gasteiger partial charge on any atom is 0.316 e. The zero-order valence-electron chi connectivity index (χ0n) is 20.4. The first kappa shape index (κ1) is 23.0. The molecule has 2 aromatic heterocycles. The van der Waals surface area contributed by atoms with Gasteiger partial charge in [-0.05, 0) is 45.2 Å². The standard InChI is InChI=1S/C25H28FN7O2/c1-14-11-33(12-15(2)32(14)4)21-7-6-18(23-19(21)10-27-25(29-23)35-5)24(34)28-17-8-16-13-31(3)30-22(16)20(26)9-17/h6-10,13-15H,11-12H2,1-5H3,(H,28,34). The van der Waals surface area contributed by atoms with E-state index in [4.69, 9.17) is 4.74 Å². The largest absolute Gasteiger partial charge is 0.467 e. The number of hydrogen-bond acceptors (Lipinski definition) is 7. The number of benzene rings is 2. The molecule has 1 aliphatic rings. The van der Waals surface area contributed by atoms with Crippen molar-refractivity contribution in [2.75, 3.05) is 37.5 Å². The van der Waals surface area contributed by atoms with Crippen molar-refractivity contribution in [3.63, 3.8) is 0 Å². The summed E-state index contributed by atoms with van der Waals surface area (Å²) >= 11 is 0. The van der Waals surface area contributed by atoms with Crippen LogP contribution < -0.4 is 15.0 Å². The van der Waals surface area contributed by atoms with Gasteiger partial charge in [-0.3, -0.25) is 14.4 Å².